The Bertz CT molecular complexity index is 1320. The monoisotopic (exact) mass is 562 g/mol. The highest BCUT2D eigenvalue weighted by atomic mass is 19.1. The van der Waals surface area contributed by atoms with Gasteiger partial charge in [0.05, 0.1) is 19.0 Å². The number of nitrogens with two attached hydrogens (primary N) is 1. The van der Waals surface area contributed by atoms with Crippen LogP contribution in [0.4, 0.5) is 4.39 Å². The molecule has 216 valence electrons. The number of aliphatic hydroxyl groups is 3. The number of carbonyl (C=O) groups excluding carboxylic acids is 1. The third-order valence-electron chi connectivity index (χ3n) is 6.77. The molecule has 0 saturated carbocycles. The molecule has 6 N–H and O–H groups in total. The second kappa shape index (κ2) is 12.6. The van der Waals surface area contributed by atoms with Crippen molar-refractivity contribution in [1.29, 1.82) is 0 Å². The zero-order valence-electron chi connectivity index (χ0n) is 21.6. The van der Waals surface area contributed by atoms with Crippen molar-refractivity contribution >= 4 is 11.9 Å². The molecular formula is C24H31FN8O7. The molecule has 1 saturated heterocycles. The van der Waals surface area contributed by atoms with E-state index in [4.69, 9.17) is 10.5 Å². The lowest BCUT2D eigenvalue weighted by Gasteiger charge is -2.44. The summed E-state index contributed by atoms with van der Waals surface area (Å²) in [5.74, 6) is -2.39. The van der Waals surface area contributed by atoms with Crippen LogP contribution in [0.15, 0.2) is 36.7 Å². The standard InChI is InChI=1S/C24H31FN8O7/c1-31(22(37)16-11-32(29-28-16)17(24(38)39)7-2-3-8-26)23-21(36)19(20(35)18(12-34)40-23)33-10-15(27-30-33)13-5-4-6-14(25)9-13/h4-6,9-11,17-21,23,34-36H,2-3,7-8,12,26H2,1H3,(H,38,39)/t17-,18+,19-,20-,21+,23?/m0/s1. The van der Waals surface area contributed by atoms with Crippen LogP contribution in [0, 0.1) is 5.82 Å². The molecule has 6 atom stereocenters. The second-order valence-corrected chi connectivity index (χ2v) is 9.45. The van der Waals surface area contributed by atoms with E-state index < -0.39 is 60.9 Å². The van der Waals surface area contributed by atoms with Gasteiger partial charge in [-0.3, -0.25) is 4.79 Å². The zero-order chi connectivity index (χ0) is 29.0. The molecule has 1 amide bonds. The predicted octanol–water partition coefficient (Wildman–Crippen LogP) is -0.817. The Morgan fingerprint density at radius 2 is 1.95 bits per heavy atom. The fourth-order valence-electron chi connectivity index (χ4n) is 4.59. The number of carboxylic acid groups (broad SMARTS) is 1. The molecule has 0 spiro atoms. The van der Waals surface area contributed by atoms with Crippen LogP contribution in [0.5, 0.6) is 0 Å². The fraction of sp³-hybridized carbons (Fsp3) is 0.500. The Kier molecular flexibility index (Phi) is 9.16. The number of aliphatic hydroxyl groups excluding tert-OH is 3. The summed E-state index contributed by atoms with van der Waals surface area (Å²) in [5.41, 5.74) is 5.95. The molecule has 40 heavy (non-hydrogen) atoms. The van der Waals surface area contributed by atoms with Gasteiger partial charge in [0.2, 0.25) is 0 Å². The van der Waals surface area contributed by atoms with Crippen molar-refractivity contribution in [2.75, 3.05) is 20.2 Å². The zero-order valence-corrected chi connectivity index (χ0v) is 21.6. The summed E-state index contributed by atoms with van der Waals surface area (Å²) in [6.07, 6.45) is -1.64. The van der Waals surface area contributed by atoms with Gasteiger partial charge in [0.25, 0.3) is 5.91 Å². The highest BCUT2D eigenvalue weighted by molar-refractivity contribution is 5.92. The maximum absolute atomic E-state index is 13.7. The first-order valence-electron chi connectivity index (χ1n) is 12.6. The third-order valence-corrected chi connectivity index (χ3v) is 6.77. The first-order chi connectivity index (χ1) is 19.2. The number of carboxylic acids is 1. The first-order valence-corrected chi connectivity index (χ1v) is 12.6. The number of rotatable bonds is 11. The normalized spacial score (nSPS) is 23.6. The molecule has 1 fully saturated rings. The fourth-order valence-corrected chi connectivity index (χ4v) is 4.59. The molecule has 3 aromatic rings. The number of hydrogen-bond acceptors (Lipinski definition) is 11. The van der Waals surface area contributed by atoms with Gasteiger partial charge in [-0.15, -0.1) is 10.2 Å². The number of nitrogens with zero attached hydrogens (tertiary/aromatic N) is 7. The predicted molar refractivity (Wildman–Crippen MR) is 134 cm³/mol. The Morgan fingerprint density at radius 1 is 1.18 bits per heavy atom. The number of aliphatic carboxylic acids is 1. The van der Waals surface area contributed by atoms with Crippen LogP contribution in [0.1, 0.15) is 41.8 Å². The molecule has 1 aromatic carbocycles. The smallest absolute Gasteiger partial charge is 0.328 e. The topological polar surface area (TPSA) is 215 Å². The first kappa shape index (κ1) is 29.2. The molecular weight excluding hydrogens is 531 g/mol. The number of likely N-dealkylation sites (N-methyl/N-ethyl adjacent to an activating group) is 1. The summed E-state index contributed by atoms with van der Waals surface area (Å²) < 4.78 is 21.6. The van der Waals surface area contributed by atoms with Crippen molar-refractivity contribution in [1.82, 2.24) is 34.9 Å². The maximum atomic E-state index is 13.7. The summed E-state index contributed by atoms with van der Waals surface area (Å²) in [7, 11) is 1.31. The highest BCUT2D eigenvalue weighted by Gasteiger charge is 2.48. The Hall–Kier alpha value is -3.83. The maximum Gasteiger partial charge on any atom is 0.328 e. The van der Waals surface area contributed by atoms with E-state index in [0.717, 1.165) is 9.58 Å². The summed E-state index contributed by atoms with van der Waals surface area (Å²) >= 11 is 0. The van der Waals surface area contributed by atoms with Crippen LogP contribution in [-0.2, 0) is 9.53 Å². The molecule has 0 bridgehead atoms. The molecule has 1 unspecified atom stereocenters. The summed E-state index contributed by atoms with van der Waals surface area (Å²) in [6, 6.07) is 3.36. The quantitative estimate of drug-likeness (QED) is 0.181. The van der Waals surface area contributed by atoms with Crippen molar-refractivity contribution in [3.63, 3.8) is 0 Å². The summed E-state index contributed by atoms with van der Waals surface area (Å²) in [4.78, 5) is 26.0. The lowest BCUT2D eigenvalue weighted by atomic mass is 9.95. The van der Waals surface area contributed by atoms with Crippen molar-refractivity contribution < 1.29 is 39.1 Å². The number of benzene rings is 1. The van der Waals surface area contributed by atoms with Gasteiger partial charge in [-0.25, -0.2) is 18.5 Å². The number of ether oxygens (including phenoxy) is 1. The van der Waals surface area contributed by atoms with Crippen LogP contribution < -0.4 is 5.73 Å². The third kappa shape index (κ3) is 6.00. The molecule has 16 heteroatoms. The van der Waals surface area contributed by atoms with Crippen LogP contribution in [0.3, 0.4) is 0 Å². The average molecular weight is 563 g/mol. The minimum Gasteiger partial charge on any atom is -0.480 e. The van der Waals surface area contributed by atoms with Gasteiger partial charge in [-0.2, -0.15) is 0 Å². The molecule has 2 aromatic heterocycles. The summed E-state index contributed by atoms with van der Waals surface area (Å²) in [6.45, 7) is -0.235. The van der Waals surface area contributed by atoms with Crippen molar-refractivity contribution in [2.45, 2.75) is 55.9 Å². The lowest BCUT2D eigenvalue weighted by Crippen LogP contribution is -2.61. The molecule has 1 aliphatic rings. The number of aromatic nitrogens is 6. The number of amides is 1. The van der Waals surface area contributed by atoms with E-state index in [1.54, 1.807) is 6.07 Å². The van der Waals surface area contributed by atoms with E-state index in [-0.39, 0.29) is 17.8 Å². The van der Waals surface area contributed by atoms with E-state index in [1.165, 1.54) is 42.3 Å². The number of hydrogen-bond donors (Lipinski definition) is 5. The minimum atomic E-state index is -1.56. The lowest BCUT2D eigenvalue weighted by molar-refractivity contribution is -0.235. The Labute approximate surface area is 227 Å². The Balaban J connectivity index is 1.56. The van der Waals surface area contributed by atoms with Crippen LogP contribution in [-0.4, -0.2) is 112 Å². The largest absolute Gasteiger partial charge is 0.480 e. The molecule has 1 aliphatic heterocycles. The van der Waals surface area contributed by atoms with Crippen molar-refractivity contribution in [3.05, 3.63) is 48.2 Å². The van der Waals surface area contributed by atoms with Gasteiger partial charge in [-0.1, -0.05) is 22.6 Å². The number of halogens is 1. The number of carbonyl (C=O) groups is 2. The number of unbranched alkanes of at least 4 members (excludes halogenated alkanes) is 1. The van der Waals surface area contributed by atoms with Crippen LogP contribution >= 0.6 is 0 Å². The molecule has 0 radical (unpaired) electrons. The van der Waals surface area contributed by atoms with Gasteiger partial charge in [0, 0.05) is 12.6 Å². The van der Waals surface area contributed by atoms with Gasteiger partial charge in [0.1, 0.15) is 35.9 Å². The Morgan fingerprint density at radius 3 is 2.62 bits per heavy atom. The SMILES string of the molecule is CN(C(=O)c1cn([C@@H](CCCCN)C(=O)O)nn1)C1O[C@H](CO)[C@H](O)[C@H](n2cc(-c3cccc(F)c3)nn2)[C@H]1O. The van der Waals surface area contributed by atoms with E-state index >= 15 is 0 Å². The molecule has 0 aliphatic carbocycles. The van der Waals surface area contributed by atoms with E-state index in [1.807, 2.05) is 0 Å². The van der Waals surface area contributed by atoms with Crippen molar-refractivity contribution in [3.8, 4) is 11.3 Å². The summed E-state index contributed by atoms with van der Waals surface area (Å²) in [5, 5.41) is 57.1. The van der Waals surface area contributed by atoms with E-state index in [0.29, 0.717) is 24.9 Å². The van der Waals surface area contributed by atoms with E-state index in [2.05, 4.69) is 20.6 Å². The second-order valence-electron chi connectivity index (χ2n) is 9.45. The van der Waals surface area contributed by atoms with Crippen molar-refractivity contribution in [2.24, 2.45) is 5.73 Å². The van der Waals surface area contributed by atoms with Gasteiger partial charge in [0.15, 0.2) is 18.0 Å². The van der Waals surface area contributed by atoms with Gasteiger partial charge < -0.3 is 35.8 Å². The highest BCUT2D eigenvalue weighted by Crippen LogP contribution is 2.32. The van der Waals surface area contributed by atoms with Gasteiger partial charge >= 0.3 is 5.97 Å². The van der Waals surface area contributed by atoms with Crippen LogP contribution in [0.2, 0.25) is 0 Å². The van der Waals surface area contributed by atoms with Gasteiger partial charge in [-0.05, 0) is 37.9 Å². The minimum absolute atomic E-state index is 0.208. The molecule has 4 rings (SSSR count). The molecule has 15 nitrogen and oxygen atoms in total. The van der Waals surface area contributed by atoms with Crippen LogP contribution in [0.25, 0.3) is 11.3 Å². The van der Waals surface area contributed by atoms with E-state index in [9.17, 15) is 34.4 Å². The average Bonchev–Trinajstić information content (AvgIpc) is 3.61. The molecule has 3 heterocycles.